The van der Waals surface area contributed by atoms with E-state index in [4.69, 9.17) is 0 Å². The Kier molecular flexibility index (Phi) is 5.07. The third kappa shape index (κ3) is 4.02. The number of amides is 1. The van der Waals surface area contributed by atoms with Crippen LogP contribution in [0.15, 0.2) is 36.7 Å². The molecule has 130 valence electrons. The van der Waals surface area contributed by atoms with E-state index < -0.39 is 11.6 Å². The zero-order chi connectivity index (χ0) is 17.8. The number of pyridine rings is 1. The minimum absolute atomic E-state index is 0.0568. The van der Waals surface area contributed by atoms with Crippen LogP contribution in [0.5, 0.6) is 0 Å². The van der Waals surface area contributed by atoms with Crippen molar-refractivity contribution in [2.75, 3.05) is 6.54 Å². The maximum Gasteiger partial charge on any atom is 0.220 e. The van der Waals surface area contributed by atoms with Gasteiger partial charge in [0.1, 0.15) is 11.6 Å². The van der Waals surface area contributed by atoms with Gasteiger partial charge in [-0.15, -0.1) is 0 Å². The second-order valence-corrected chi connectivity index (χ2v) is 6.00. The molecule has 6 heteroatoms. The molecule has 0 bridgehead atoms. The van der Waals surface area contributed by atoms with Crippen molar-refractivity contribution >= 4 is 16.8 Å². The molecule has 0 atom stereocenters. The molecule has 0 saturated carbocycles. The number of hydrogen-bond acceptors (Lipinski definition) is 2. The highest BCUT2D eigenvalue weighted by Crippen LogP contribution is 2.25. The van der Waals surface area contributed by atoms with E-state index in [0.29, 0.717) is 36.7 Å². The van der Waals surface area contributed by atoms with Gasteiger partial charge in [0.15, 0.2) is 0 Å². The highest BCUT2D eigenvalue weighted by Gasteiger charge is 2.13. The molecule has 1 amide bonds. The summed E-state index contributed by atoms with van der Waals surface area (Å²) in [6.07, 6.45) is 4.95. The molecule has 0 aliphatic carbocycles. The second kappa shape index (κ2) is 7.42. The van der Waals surface area contributed by atoms with Gasteiger partial charge in [-0.1, -0.05) is 6.07 Å². The Hall–Kier alpha value is -2.76. The molecule has 4 nitrogen and oxygen atoms in total. The monoisotopic (exact) mass is 343 g/mol. The number of carbonyl (C=O) groups excluding carboxylic acids is 1. The largest absolute Gasteiger partial charge is 0.356 e. The molecular formula is C19H19F2N3O. The number of carbonyl (C=O) groups is 1. The van der Waals surface area contributed by atoms with E-state index in [1.165, 1.54) is 6.07 Å². The molecule has 0 saturated heterocycles. The number of hydrogen-bond donors (Lipinski definition) is 2. The van der Waals surface area contributed by atoms with Gasteiger partial charge in [-0.2, -0.15) is 0 Å². The summed E-state index contributed by atoms with van der Waals surface area (Å²) in [5, 5.41) is 3.38. The lowest BCUT2D eigenvalue weighted by atomic mass is 10.1. The van der Waals surface area contributed by atoms with Crippen LogP contribution in [0.2, 0.25) is 0 Å². The lowest BCUT2D eigenvalue weighted by molar-refractivity contribution is -0.121. The summed E-state index contributed by atoms with van der Waals surface area (Å²) in [6, 6.07) is 5.95. The molecule has 2 N–H and O–H groups in total. The van der Waals surface area contributed by atoms with E-state index in [2.05, 4.69) is 15.3 Å². The number of rotatable bonds is 6. The van der Waals surface area contributed by atoms with Crippen molar-refractivity contribution in [3.05, 3.63) is 65.1 Å². The summed E-state index contributed by atoms with van der Waals surface area (Å²) >= 11 is 0. The van der Waals surface area contributed by atoms with E-state index in [1.807, 2.05) is 19.1 Å². The van der Waals surface area contributed by atoms with Crippen molar-refractivity contribution in [1.29, 1.82) is 0 Å². The molecule has 1 aromatic carbocycles. The number of aromatic amines is 1. The molecule has 3 aromatic rings. The Balaban J connectivity index is 1.58. The van der Waals surface area contributed by atoms with Gasteiger partial charge in [0.05, 0.1) is 5.52 Å². The number of aryl methyl sites for hydroxylation is 2. The van der Waals surface area contributed by atoms with Gasteiger partial charge < -0.3 is 10.3 Å². The van der Waals surface area contributed by atoms with Crippen molar-refractivity contribution in [3.8, 4) is 0 Å². The maximum atomic E-state index is 13.8. The van der Waals surface area contributed by atoms with Crippen LogP contribution in [0.1, 0.15) is 23.2 Å². The van der Waals surface area contributed by atoms with Crippen molar-refractivity contribution in [3.63, 3.8) is 0 Å². The van der Waals surface area contributed by atoms with Crippen LogP contribution in [0, 0.1) is 18.6 Å². The molecule has 0 aliphatic rings. The van der Waals surface area contributed by atoms with E-state index in [9.17, 15) is 13.6 Å². The molecule has 0 unspecified atom stereocenters. The van der Waals surface area contributed by atoms with Gasteiger partial charge >= 0.3 is 0 Å². The Labute approximate surface area is 144 Å². The van der Waals surface area contributed by atoms with Crippen molar-refractivity contribution in [2.45, 2.75) is 26.2 Å². The topological polar surface area (TPSA) is 57.8 Å². The standard InChI is InChI=1S/C19H19F2N3O/c1-12-15(16-9-14(20)10-17(21)19(16)24-12)6-8-23-18(25)5-4-13-3-2-7-22-11-13/h2-3,7,9-11,24H,4-6,8H2,1H3,(H,23,25). The minimum Gasteiger partial charge on any atom is -0.356 e. The number of fused-ring (bicyclic) bond motifs is 1. The van der Waals surface area contributed by atoms with Crippen LogP contribution in [0.3, 0.4) is 0 Å². The smallest absolute Gasteiger partial charge is 0.220 e. The molecular weight excluding hydrogens is 324 g/mol. The Morgan fingerprint density at radius 1 is 1.28 bits per heavy atom. The van der Waals surface area contributed by atoms with E-state index in [1.54, 1.807) is 12.4 Å². The first-order valence-corrected chi connectivity index (χ1v) is 8.16. The first-order chi connectivity index (χ1) is 12.0. The minimum atomic E-state index is -0.607. The van der Waals surface area contributed by atoms with Gasteiger partial charge in [0.2, 0.25) is 5.91 Å². The van der Waals surface area contributed by atoms with Gasteiger partial charge in [-0.05, 0) is 43.0 Å². The highest BCUT2D eigenvalue weighted by atomic mass is 19.1. The highest BCUT2D eigenvalue weighted by molar-refractivity contribution is 5.85. The average molecular weight is 343 g/mol. The Morgan fingerprint density at radius 2 is 2.12 bits per heavy atom. The first-order valence-electron chi connectivity index (χ1n) is 8.16. The second-order valence-electron chi connectivity index (χ2n) is 6.00. The van der Waals surface area contributed by atoms with Crippen molar-refractivity contribution in [2.24, 2.45) is 0 Å². The summed E-state index contributed by atoms with van der Waals surface area (Å²) in [7, 11) is 0. The number of H-pyrrole nitrogens is 1. The number of aromatic nitrogens is 2. The molecule has 25 heavy (non-hydrogen) atoms. The molecule has 2 heterocycles. The number of halogens is 2. The normalized spacial score (nSPS) is 11.0. The summed E-state index contributed by atoms with van der Waals surface area (Å²) < 4.78 is 27.3. The van der Waals surface area contributed by atoms with Gasteiger partial charge in [0.25, 0.3) is 0 Å². The molecule has 3 rings (SSSR count). The molecule has 0 spiro atoms. The van der Waals surface area contributed by atoms with Crippen molar-refractivity contribution in [1.82, 2.24) is 15.3 Å². The summed E-state index contributed by atoms with van der Waals surface area (Å²) in [4.78, 5) is 18.9. The van der Waals surface area contributed by atoms with Crippen LogP contribution >= 0.6 is 0 Å². The molecule has 0 radical (unpaired) electrons. The van der Waals surface area contributed by atoms with Crippen LogP contribution in [-0.4, -0.2) is 22.4 Å². The molecule has 0 fully saturated rings. The zero-order valence-electron chi connectivity index (χ0n) is 13.9. The maximum absolute atomic E-state index is 13.8. The summed E-state index contributed by atoms with van der Waals surface area (Å²) in [6.45, 7) is 2.23. The SMILES string of the molecule is Cc1[nH]c2c(F)cc(F)cc2c1CCNC(=O)CCc1cccnc1. The quantitative estimate of drug-likeness (QED) is 0.720. The number of benzene rings is 1. The summed E-state index contributed by atoms with van der Waals surface area (Å²) in [5.41, 5.74) is 2.91. The van der Waals surface area contributed by atoms with Crippen LogP contribution < -0.4 is 5.32 Å². The zero-order valence-corrected chi connectivity index (χ0v) is 13.9. The van der Waals surface area contributed by atoms with E-state index >= 15 is 0 Å². The van der Waals surface area contributed by atoms with E-state index in [0.717, 1.165) is 22.9 Å². The lowest BCUT2D eigenvalue weighted by Gasteiger charge is -2.06. The fourth-order valence-corrected chi connectivity index (χ4v) is 2.94. The first kappa shape index (κ1) is 17.1. The van der Waals surface area contributed by atoms with Crippen LogP contribution in [0.25, 0.3) is 10.9 Å². The lowest BCUT2D eigenvalue weighted by Crippen LogP contribution is -2.26. The third-order valence-corrected chi connectivity index (χ3v) is 4.21. The van der Waals surface area contributed by atoms with E-state index in [-0.39, 0.29) is 5.91 Å². The predicted molar refractivity (Wildman–Crippen MR) is 92.2 cm³/mol. The van der Waals surface area contributed by atoms with Crippen molar-refractivity contribution < 1.29 is 13.6 Å². The fraction of sp³-hybridized carbons (Fsp3) is 0.263. The average Bonchev–Trinajstić information content (AvgIpc) is 2.90. The van der Waals surface area contributed by atoms with Crippen LogP contribution in [0.4, 0.5) is 8.78 Å². The molecule has 0 aliphatic heterocycles. The van der Waals surface area contributed by atoms with Crippen LogP contribution in [-0.2, 0) is 17.6 Å². The number of nitrogens with one attached hydrogen (secondary N) is 2. The summed E-state index contributed by atoms with van der Waals surface area (Å²) in [5.74, 6) is -1.27. The number of nitrogens with zero attached hydrogens (tertiary/aromatic N) is 1. The predicted octanol–water partition coefficient (Wildman–Crippen LogP) is 3.44. The fourth-order valence-electron chi connectivity index (χ4n) is 2.94. The van der Waals surface area contributed by atoms with Gasteiger partial charge in [0, 0.05) is 42.5 Å². The Bertz CT molecular complexity index is 891. The van der Waals surface area contributed by atoms with Gasteiger partial charge in [-0.25, -0.2) is 8.78 Å². The Morgan fingerprint density at radius 3 is 2.88 bits per heavy atom. The molecule has 2 aromatic heterocycles. The third-order valence-electron chi connectivity index (χ3n) is 4.21. The van der Waals surface area contributed by atoms with Gasteiger partial charge in [-0.3, -0.25) is 9.78 Å².